The van der Waals surface area contributed by atoms with Gasteiger partial charge < -0.3 is 29.9 Å². The van der Waals surface area contributed by atoms with E-state index in [9.17, 15) is 0 Å². The Bertz CT molecular complexity index is 683. The number of hydrogen-bond donors (Lipinski definition) is 2. The Morgan fingerprint density at radius 1 is 1.19 bits per heavy atom. The second-order valence-corrected chi connectivity index (χ2v) is 8.69. The first-order chi connectivity index (χ1) is 15.1. The Hall–Kier alpha value is -1.83. The minimum atomic E-state index is 0.149. The minimum Gasteiger partial charge on any atom is -0.488 e. The number of likely N-dealkylation sites (N-methyl/N-ethyl adjacent to an activating group) is 1. The zero-order valence-corrected chi connectivity index (χ0v) is 19.7. The van der Waals surface area contributed by atoms with E-state index in [1.807, 2.05) is 0 Å². The fraction of sp³-hybridized carbons (Fsp3) is 0.708. The van der Waals surface area contributed by atoms with E-state index in [0.29, 0.717) is 13.2 Å². The molecule has 0 amide bonds. The Morgan fingerprint density at radius 2 is 2.03 bits per heavy atom. The molecule has 2 N–H and O–H groups in total. The van der Waals surface area contributed by atoms with Crippen LogP contribution in [-0.2, 0) is 11.3 Å². The van der Waals surface area contributed by atoms with E-state index in [-0.39, 0.29) is 6.10 Å². The Morgan fingerprint density at radius 3 is 2.77 bits per heavy atom. The molecule has 1 atom stereocenters. The van der Waals surface area contributed by atoms with Gasteiger partial charge in [0.2, 0.25) is 0 Å². The average Bonchev–Trinajstić information content (AvgIpc) is 3.27. The van der Waals surface area contributed by atoms with Crippen LogP contribution in [0.4, 0.5) is 0 Å². The quantitative estimate of drug-likeness (QED) is 0.337. The summed E-state index contributed by atoms with van der Waals surface area (Å²) < 4.78 is 11.7. The molecule has 1 aromatic carbocycles. The molecule has 0 aromatic heterocycles. The number of aliphatic imine (C=N–C) groups is 1. The number of piperazine rings is 1. The lowest BCUT2D eigenvalue weighted by Crippen LogP contribution is -2.44. The van der Waals surface area contributed by atoms with E-state index in [4.69, 9.17) is 14.5 Å². The number of aryl methyl sites for hydroxylation is 1. The van der Waals surface area contributed by atoms with Crippen molar-refractivity contribution < 1.29 is 9.47 Å². The third kappa shape index (κ3) is 8.31. The second kappa shape index (κ2) is 12.9. The summed E-state index contributed by atoms with van der Waals surface area (Å²) in [6, 6.07) is 6.37. The number of ether oxygens (including phenoxy) is 2. The fourth-order valence-corrected chi connectivity index (χ4v) is 3.93. The Labute approximate surface area is 188 Å². The Kier molecular flexibility index (Phi) is 9.90. The maximum atomic E-state index is 6.21. The van der Waals surface area contributed by atoms with Crippen molar-refractivity contribution in [1.29, 1.82) is 0 Å². The van der Waals surface area contributed by atoms with E-state index in [1.165, 1.54) is 44.7 Å². The van der Waals surface area contributed by atoms with Crippen molar-refractivity contribution in [3.8, 4) is 5.75 Å². The lowest BCUT2D eigenvalue weighted by atomic mass is 10.1. The summed E-state index contributed by atoms with van der Waals surface area (Å²) in [5, 5.41) is 6.86. The van der Waals surface area contributed by atoms with Crippen LogP contribution in [0.1, 0.15) is 37.3 Å². The summed E-state index contributed by atoms with van der Waals surface area (Å²) in [6.45, 7) is 14.0. The predicted octanol–water partition coefficient (Wildman–Crippen LogP) is 2.25. The lowest BCUT2D eigenvalue weighted by molar-refractivity contribution is 0.140. The summed E-state index contributed by atoms with van der Waals surface area (Å²) in [5.74, 6) is 1.81. The predicted molar refractivity (Wildman–Crippen MR) is 127 cm³/mol. The van der Waals surface area contributed by atoms with Crippen LogP contribution in [0, 0.1) is 6.92 Å². The van der Waals surface area contributed by atoms with Gasteiger partial charge in [0.15, 0.2) is 5.96 Å². The van der Waals surface area contributed by atoms with E-state index in [2.05, 4.69) is 59.5 Å². The summed E-state index contributed by atoms with van der Waals surface area (Å²) >= 11 is 0. The van der Waals surface area contributed by atoms with Gasteiger partial charge in [0.25, 0.3) is 0 Å². The molecule has 0 aliphatic carbocycles. The van der Waals surface area contributed by atoms with Gasteiger partial charge in [-0.15, -0.1) is 0 Å². The van der Waals surface area contributed by atoms with Crippen molar-refractivity contribution in [2.24, 2.45) is 4.99 Å². The maximum Gasteiger partial charge on any atom is 0.191 e. The zero-order valence-electron chi connectivity index (χ0n) is 19.7. The number of nitrogens with one attached hydrogen (secondary N) is 2. The van der Waals surface area contributed by atoms with E-state index >= 15 is 0 Å². The SMILES string of the molecule is CCNC(=NCc1ccc(C)cc1OC1CCOC1)NCCCCN1CCN(C)CC1. The van der Waals surface area contributed by atoms with E-state index in [0.717, 1.165) is 49.8 Å². The number of nitrogens with zero attached hydrogens (tertiary/aromatic N) is 3. The molecule has 7 nitrogen and oxygen atoms in total. The lowest BCUT2D eigenvalue weighted by Gasteiger charge is -2.32. The number of unbranched alkanes of at least 4 members (excludes halogenated alkanes) is 1. The molecule has 7 heteroatoms. The first-order valence-electron chi connectivity index (χ1n) is 11.9. The number of rotatable bonds is 10. The van der Waals surface area contributed by atoms with Crippen molar-refractivity contribution in [2.75, 3.05) is 66.1 Å². The highest BCUT2D eigenvalue weighted by molar-refractivity contribution is 5.79. The van der Waals surface area contributed by atoms with Crippen LogP contribution in [0.2, 0.25) is 0 Å². The van der Waals surface area contributed by atoms with Crippen LogP contribution in [0.3, 0.4) is 0 Å². The molecule has 174 valence electrons. The summed E-state index contributed by atoms with van der Waals surface area (Å²) in [7, 11) is 2.21. The molecule has 3 rings (SSSR count). The van der Waals surface area contributed by atoms with Crippen molar-refractivity contribution in [1.82, 2.24) is 20.4 Å². The molecule has 2 aliphatic rings. The molecule has 0 spiro atoms. The van der Waals surface area contributed by atoms with Gasteiger partial charge in [-0.2, -0.15) is 0 Å². The molecule has 2 aliphatic heterocycles. The molecule has 2 saturated heterocycles. The molecule has 31 heavy (non-hydrogen) atoms. The van der Waals surface area contributed by atoms with Gasteiger partial charge in [0, 0.05) is 51.3 Å². The van der Waals surface area contributed by atoms with Crippen LogP contribution in [0.25, 0.3) is 0 Å². The van der Waals surface area contributed by atoms with Gasteiger partial charge in [0.1, 0.15) is 11.9 Å². The highest BCUT2D eigenvalue weighted by Gasteiger charge is 2.18. The fourth-order valence-electron chi connectivity index (χ4n) is 3.93. The third-order valence-electron chi connectivity index (χ3n) is 5.95. The van der Waals surface area contributed by atoms with Gasteiger partial charge in [-0.1, -0.05) is 12.1 Å². The standard InChI is InChI=1S/C24H41N5O2/c1-4-25-24(26-10-5-6-11-29-14-12-28(3)13-15-29)27-18-21-8-7-20(2)17-23(21)31-22-9-16-30-19-22/h7-8,17,22H,4-6,9-16,18-19H2,1-3H3,(H2,25,26,27). The molecule has 1 aromatic rings. The van der Waals surface area contributed by atoms with Gasteiger partial charge in [0.05, 0.1) is 19.8 Å². The van der Waals surface area contributed by atoms with E-state index < -0.39 is 0 Å². The summed E-state index contributed by atoms with van der Waals surface area (Å²) in [4.78, 5) is 9.79. The molecule has 0 radical (unpaired) electrons. The zero-order chi connectivity index (χ0) is 21.9. The molecule has 2 heterocycles. The Balaban J connectivity index is 1.45. The van der Waals surface area contributed by atoms with Gasteiger partial charge in [-0.25, -0.2) is 4.99 Å². The monoisotopic (exact) mass is 431 g/mol. The maximum absolute atomic E-state index is 6.21. The summed E-state index contributed by atoms with van der Waals surface area (Å²) in [5.41, 5.74) is 2.32. The number of hydrogen-bond acceptors (Lipinski definition) is 5. The van der Waals surface area contributed by atoms with Crippen molar-refractivity contribution in [2.45, 2.75) is 45.8 Å². The normalized spacial score (nSPS) is 20.7. The highest BCUT2D eigenvalue weighted by Crippen LogP contribution is 2.24. The first-order valence-corrected chi connectivity index (χ1v) is 11.9. The van der Waals surface area contributed by atoms with Crippen LogP contribution >= 0.6 is 0 Å². The van der Waals surface area contributed by atoms with Crippen molar-refractivity contribution in [3.05, 3.63) is 29.3 Å². The third-order valence-corrected chi connectivity index (χ3v) is 5.95. The van der Waals surface area contributed by atoms with Crippen LogP contribution in [-0.4, -0.2) is 87.9 Å². The first kappa shape index (κ1) is 23.8. The molecule has 2 fully saturated rings. The molecular weight excluding hydrogens is 390 g/mol. The number of benzene rings is 1. The van der Waals surface area contributed by atoms with Gasteiger partial charge in [-0.3, -0.25) is 0 Å². The second-order valence-electron chi connectivity index (χ2n) is 8.69. The van der Waals surface area contributed by atoms with Crippen molar-refractivity contribution >= 4 is 5.96 Å². The average molecular weight is 432 g/mol. The summed E-state index contributed by atoms with van der Waals surface area (Å²) in [6.07, 6.45) is 3.47. The highest BCUT2D eigenvalue weighted by atomic mass is 16.5. The smallest absolute Gasteiger partial charge is 0.191 e. The molecular formula is C24H41N5O2. The van der Waals surface area contributed by atoms with Gasteiger partial charge in [-0.05, 0) is 51.9 Å². The van der Waals surface area contributed by atoms with E-state index in [1.54, 1.807) is 0 Å². The number of guanidine groups is 1. The minimum absolute atomic E-state index is 0.149. The van der Waals surface area contributed by atoms with Crippen LogP contribution in [0.15, 0.2) is 23.2 Å². The van der Waals surface area contributed by atoms with Crippen LogP contribution < -0.4 is 15.4 Å². The largest absolute Gasteiger partial charge is 0.488 e. The molecule has 0 saturated carbocycles. The van der Waals surface area contributed by atoms with Crippen LogP contribution in [0.5, 0.6) is 5.75 Å². The van der Waals surface area contributed by atoms with Gasteiger partial charge >= 0.3 is 0 Å². The van der Waals surface area contributed by atoms with Crippen molar-refractivity contribution in [3.63, 3.8) is 0 Å². The topological polar surface area (TPSA) is 61.4 Å². The molecule has 0 bridgehead atoms. The molecule has 1 unspecified atom stereocenters.